The predicted molar refractivity (Wildman–Crippen MR) is 78.0 cm³/mol. The summed E-state index contributed by atoms with van der Waals surface area (Å²) in [5.74, 6) is 0.0887. The molecule has 1 saturated heterocycles. The zero-order valence-corrected chi connectivity index (χ0v) is 13.1. The number of likely N-dealkylation sites (tertiary alicyclic amines) is 1. The van der Waals surface area contributed by atoms with Crippen molar-refractivity contribution >= 4 is 44.8 Å². The number of hydrogen-bond acceptors (Lipinski definition) is 3. The van der Waals surface area contributed by atoms with Crippen LogP contribution < -0.4 is 0 Å². The van der Waals surface area contributed by atoms with E-state index in [0.29, 0.717) is 10.4 Å². The highest BCUT2D eigenvalue weighted by atomic mass is 79.9. The normalized spacial score (nSPS) is 17.1. The highest BCUT2D eigenvalue weighted by molar-refractivity contribution is 9.09. The molecule has 0 unspecified atom stereocenters. The summed E-state index contributed by atoms with van der Waals surface area (Å²) in [4.78, 5) is 14.8. The van der Waals surface area contributed by atoms with Gasteiger partial charge >= 0.3 is 0 Å². The van der Waals surface area contributed by atoms with E-state index in [1.807, 2.05) is 4.90 Å². The maximum atomic E-state index is 12.2. The van der Waals surface area contributed by atoms with Crippen LogP contribution in [0.25, 0.3) is 0 Å². The van der Waals surface area contributed by atoms with Crippen molar-refractivity contribution < 1.29 is 9.53 Å². The van der Waals surface area contributed by atoms with Crippen LogP contribution >= 0.6 is 38.9 Å². The molecule has 0 aromatic carbocycles. The lowest BCUT2D eigenvalue weighted by Gasteiger charge is -2.31. The first-order chi connectivity index (χ1) is 8.70. The molecule has 1 aliphatic rings. The van der Waals surface area contributed by atoms with Gasteiger partial charge < -0.3 is 9.64 Å². The minimum Gasteiger partial charge on any atom is -0.377 e. The second kappa shape index (κ2) is 6.89. The molecule has 0 bridgehead atoms. The van der Waals surface area contributed by atoms with Gasteiger partial charge in [0.25, 0.3) is 5.91 Å². The monoisotopic (exact) mass is 351 g/mol. The third-order valence-corrected chi connectivity index (χ3v) is 4.49. The Morgan fingerprint density at radius 1 is 1.50 bits per heavy atom. The molecule has 0 radical (unpaired) electrons. The first kappa shape index (κ1) is 14.3. The Hall–Kier alpha value is -0.100. The molecular weight excluding hydrogens is 338 g/mol. The lowest BCUT2D eigenvalue weighted by Crippen LogP contribution is -2.40. The van der Waals surface area contributed by atoms with Crippen LogP contribution in [0.15, 0.2) is 12.1 Å². The Bertz CT molecular complexity index is 405. The van der Waals surface area contributed by atoms with Gasteiger partial charge in [-0.2, -0.15) is 0 Å². The molecule has 18 heavy (non-hydrogen) atoms. The molecule has 0 saturated carbocycles. The lowest BCUT2D eigenvalue weighted by atomic mass is 10.1. The van der Waals surface area contributed by atoms with Crippen LogP contribution in [0, 0.1) is 0 Å². The summed E-state index contributed by atoms with van der Waals surface area (Å²) in [6.45, 7) is 2.27. The molecule has 0 atom stereocenters. The summed E-state index contributed by atoms with van der Waals surface area (Å²) in [6.07, 6.45) is 2.12. The van der Waals surface area contributed by atoms with E-state index < -0.39 is 0 Å². The Kier molecular flexibility index (Phi) is 5.48. The van der Waals surface area contributed by atoms with E-state index in [4.69, 9.17) is 16.3 Å². The highest BCUT2D eigenvalue weighted by Gasteiger charge is 2.24. The first-order valence-electron chi connectivity index (χ1n) is 5.93. The van der Waals surface area contributed by atoms with Crippen LogP contribution in [-0.4, -0.2) is 41.9 Å². The zero-order chi connectivity index (χ0) is 13.0. The van der Waals surface area contributed by atoms with E-state index >= 15 is 0 Å². The number of ether oxygens (including phenoxy) is 1. The molecule has 1 aromatic heterocycles. The number of rotatable bonds is 4. The van der Waals surface area contributed by atoms with Crippen LogP contribution in [0.1, 0.15) is 22.5 Å². The van der Waals surface area contributed by atoms with Crippen molar-refractivity contribution in [3.63, 3.8) is 0 Å². The van der Waals surface area contributed by atoms with Gasteiger partial charge in [0.05, 0.1) is 21.9 Å². The van der Waals surface area contributed by atoms with Crippen molar-refractivity contribution in [1.29, 1.82) is 0 Å². The Labute approximate surface area is 124 Å². The van der Waals surface area contributed by atoms with Gasteiger partial charge in [-0.1, -0.05) is 27.5 Å². The number of nitrogens with zero attached hydrogens (tertiary/aromatic N) is 1. The lowest BCUT2D eigenvalue weighted by molar-refractivity contribution is 0.0161. The molecule has 1 amide bonds. The van der Waals surface area contributed by atoms with Crippen LogP contribution in [0.5, 0.6) is 0 Å². The van der Waals surface area contributed by atoms with Gasteiger partial charge in [-0.3, -0.25) is 4.79 Å². The van der Waals surface area contributed by atoms with Crippen molar-refractivity contribution in [2.45, 2.75) is 18.9 Å². The van der Waals surface area contributed by atoms with Crippen LogP contribution in [0.2, 0.25) is 4.34 Å². The van der Waals surface area contributed by atoms with Crippen molar-refractivity contribution in [1.82, 2.24) is 4.90 Å². The van der Waals surface area contributed by atoms with E-state index in [1.165, 1.54) is 11.3 Å². The number of thiophene rings is 1. The number of amides is 1. The number of carbonyl (C=O) groups is 1. The van der Waals surface area contributed by atoms with E-state index in [2.05, 4.69) is 15.9 Å². The van der Waals surface area contributed by atoms with Crippen LogP contribution in [-0.2, 0) is 4.74 Å². The smallest absolute Gasteiger partial charge is 0.263 e. The number of hydrogen-bond donors (Lipinski definition) is 0. The van der Waals surface area contributed by atoms with Crippen LogP contribution in [0.3, 0.4) is 0 Å². The molecule has 1 aliphatic heterocycles. The van der Waals surface area contributed by atoms with Gasteiger partial charge in [0.15, 0.2) is 0 Å². The fourth-order valence-electron chi connectivity index (χ4n) is 2.02. The van der Waals surface area contributed by atoms with Crippen molar-refractivity contribution in [3.8, 4) is 0 Å². The van der Waals surface area contributed by atoms with E-state index in [0.717, 1.165) is 42.7 Å². The summed E-state index contributed by atoms with van der Waals surface area (Å²) in [7, 11) is 0. The average molecular weight is 353 g/mol. The Morgan fingerprint density at radius 3 is 2.78 bits per heavy atom. The highest BCUT2D eigenvalue weighted by Crippen LogP contribution is 2.24. The second-order valence-corrected chi connectivity index (χ2v) is 6.66. The summed E-state index contributed by atoms with van der Waals surface area (Å²) in [5.41, 5.74) is 0. The number of halogens is 2. The number of alkyl halides is 1. The summed E-state index contributed by atoms with van der Waals surface area (Å²) in [6, 6.07) is 3.56. The van der Waals surface area contributed by atoms with Gasteiger partial charge in [-0.25, -0.2) is 0 Å². The molecule has 0 aliphatic carbocycles. The van der Waals surface area contributed by atoms with Crippen molar-refractivity contribution in [2.24, 2.45) is 0 Å². The Morgan fingerprint density at radius 2 is 2.22 bits per heavy atom. The minimum atomic E-state index is 0.0887. The third-order valence-electron chi connectivity index (χ3n) is 2.94. The van der Waals surface area contributed by atoms with Gasteiger partial charge in [0.2, 0.25) is 0 Å². The SMILES string of the molecule is O=C(c1ccc(Cl)s1)N1CCC(OCCBr)CC1. The maximum Gasteiger partial charge on any atom is 0.263 e. The molecule has 100 valence electrons. The molecule has 3 nitrogen and oxygen atoms in total. The summed E-state index contributed by atoms with van der Waals surface area (Å²) >= 11 is 10.5. The molecular formula is C12H15BrClNO2S. The molecule has 0 spiro atoms. The minimum absolute atomic E-state index is 0.0887. The molecule has 1 fully saturated rings. The van der Waals surface area contributed by atoms with Gasteiger partial charge in [0.1, 0.15) is 0 Å². The average Bonchev–Trinajstić information content (AvgIpc) is 2.83. The quantitative estimate of drug-likeness (QED) is 0.777. The largest absolute Gasteiger partial charge is 0.377 e. The topological polar surface area (TPSA) is 29.5 Å². The fourth-order valence-corrected chi connectivity index (χ4v) is 3.22. The molecule has 2 heterocycles. The van der Waals surface area contributed by atoms with Gasteiger partial charge in [0, 0.05) is 18.4 Å². The molecule has 0 N–H and O–H groups in total. The van der Waals surface area contributed by atoms with Crippen molar-refractivity contribution in [2.75, 3.05) is 25.0 Å². The second-order valence-electron chi connectivity index (χ2n) is 4.16. The molecule has 2 rings (SSSR count). The van der Waals surface area contributed by atoms with Gasteiger partial charge in [-0.15, -0.1) is 11.3 Å². The number of piperidine rings is 1. The summed E-state index contributed by atoms with van der Waals surface area (Å²) in [5, 5.41) is 0.861. The maximum absolute atomic E-state index is 12.2. The third kappa shape index (κ3) is 3.70. The van der Waals surface area contributed by atoms with Gasteiger partial charge in [-0.05, 0) is 25.0 Å². The van der Waals surface area contributed by atoms with E-state index in [-0.39, 0.29) is 5.91 Å². The zero-order valence-electron chi connectivity index (χ0n) is 9.90. The Balaban J connectivity index is 1.84. The van der Waals surface area contributed by atoms with Crippen LogP contribution in [0.4, 0.5) is 0 Å². The summed E-state index contributed by atoms with van der Waals surface area (Å²) < 4.78 is 6.33. The standard InChI is InChI=1S/C12H15BrClNO2S/c13-5-8-17-9-3-6-15(7-4-9)12(16)10-1-2-11(14)18-10/h1-2,9H,3-8H2. The van der Waals surface area contributed by atoms with E-state index in [9.17, 15) is 4.79 Å². The molecule has 6 heteroatoms. The van der Waals surface area contributed by atoms with E-state index in [1.54, 1.807) is 12.1 Å². The first-order valence-corrected chi connectivity index (χ1v) is 8.24. The fraction of sp³-hybridized carbons (Fsp3) is 0.583. The van der Waals surface area contributed by atoms with Crippen molar-refractivity contribution in [3.05, 3.63) is 21.3 Å². The molecule has 1 aromatic rings. The predicted octanol–water partition coefficient (Wildman–Crippen LogP) is 3.42. The number of carbonyl (C=O) groups excluding carboxylic acids is 1.